The van der Waals surface area contributed by atoms with E-state index in [9.17, 15) is 4.79 Å². The molecule has 0 atom stereocenters. The van der Waals surface area contributed by atoms with Crippen LogP contribution in [-0.4, -0.2) is 30.7 Å². The van der Waals surface area contributed by atoms with Crippen molar-refractivity contribution in [3.8, 4) is 0 Å². The molecule has 0 radical (unpaired) electrons. The van der Waals surface area contributed by atoms with Gasteiger partial charge in [0.1, 0.15) is 6.61 Å². The van der Waals surface area contributed by atoms with E-state index in [0.717, 1.165) is 12.8 Å². The number of hydrogen-bond donors (Lipinski definition) is 2. The second-order valence-electron chi connectivity index (χ2n) is 5.51. The number of carbonyl (C=O) groups is 1. The Balaban J connectivity index is 2.24. The van der Waals surface area contributed by atoms with E-state index in [1.54, 1.807) is 0 Å². The topological polar surface area (TPSA) is 64.3 Å². The van der Waals surface area contributed by atoms with Crippen LogP contribution in [0.25, 0.3) is 0 Å². The van der Waals surface area contributed by atoms with Crippen molar-refractivity contribution in [3.05, 3.63) is 0 Å². The van der Waals surface area contributed by atoms with E-state index in [2.05, 4.69) is 5.32 Å². The van der Waals surface area contributed by atoms with E-state index < -0.39 is 5.60 Å². The van der Waals surface area contributed by atoms with Gasteiger partial charge in [0, 0.05) is 12.6 Å². The lowest BCUT2D eigenvalue weighted by molar-refractivity contribution is -0.131. The number of rotatable bonds is 5. The maximum absolute atomic E-state index is 11.7. The van der Waals surface area contributed by atoms with Crippen LogP contribution in [0.3, 0.4) is 0 Å². The Hall–Kier alpha value is -0.610. The molecular weight excluding hydrogens is 216 g/mol. The molecule has 100 valence electrons. The van der Waals surface area contributed by atoms with E-state index in [1.165, 1.54) is 25.7 Å². The van der Waals surface area contributed by atoms with E-state index in [1.807, 2.05) is 13.8 Å². The van der Waals surface area contributed by atoms with Crippen molar-refractivity contribution in [3.63, 3.8) is 0 Å². The fraction of sp³-hybridized carbons (Fsp3) is 0.923. The van der Waals surface area contributed by atoms with Crippen molar-refractivity contribution in [2.45, 2.75) is 64.0 Å². The molecule has 4 nitrogen and oxygen atoms in total. The number of hydrogen-bond acceptors (Lipinski definition) is 3. The van der Waals surface area contributed by atoms with Crippen LogP contribution < -0.4 is 11.1 Å². The quantitative estimate of drug-likeness (QED) is 0.719. The average molecular weight is 242 g/mol. The fourth-order valence-corrected chi connectivity index (χ4v) is 2.01. The number of amides is 1. The molecule has 0 bridgehead atoms. The first-order chi connectivity index (χ1) is 8.03. The highest BCUT2D eigenvalue weighted by molar-refractivity contribution is 5.77. The summed E-state index contributed by atoms with van der Waals surface area (Å²) in [4.78, 5) is 11.7. The first-order valence-electron chi connectivity index (χ1n) is 6.67. The summed E-state index contributed by atoms with van der Waals surface area (Å²) in [5.41, 5.74) is 5.12. The third-order valence-corrected chi connectivity index (χ3v) is 3.31. The molecule has 1 amide bonds. The summed E-state index contributed by atoms with van der Waals surface area (Å²) in [6.07, 6.45) is 7.24. The monoisotopic (exact) mass is 242 g/mol. The van der Waals surface area contributed by atoms with Crippen molar-refractivity contribution in [1.29, 1.82) is 0 Å². The molecule has 1 aliphatic rings. The van der Waals surface area contributed by atoms with Crippen LogP contribution in [0.4, 0.5) is 0 Å². The van der Waals surface area contributed by atoms with Crippen LogP contribution in [0.1, 0.15) is 52.4 Å². The molecule has 0 saturated heterocycles. The van der Waals surface area contributed by atoms with Crippen LogP contribution in [0.5, 0.6) is 0 Å². The van der Waals surface area contributed by atoms with Gasteiger partial charge in [0.15, 0.2) is 0 Å². The lowest BCUT2D eigenvalue weighted by atomic mass is 10.1. The summed E-state index contributed by atoms with van der Waals surface area (Å²) in [7, 11) is 0. The van der Waals surface area contributed by atoms with Gasteiger partial charge in [-0.1, -0.05) is 25.7 Å². The highest BCUT2D eigenvalue weighted by atomic mass is 16.5. The maximum atomic E-state index is 11.7. The van der Waals surface area contributed by atoms with Gasteiger partial charge in [0.25, 0.3) is 0 Å². The van der Waals surface area contributed by atoms with Gasteiger partial charge >= 0.3 is 0 Å². The molecule has 3 N–H and O–H groups in total. The van der Waals surface area contributed by atoms with Crippen molar-refractivity contribution in [1.82, 2.24) is 5.32 Å². The molecular formula is C13H26N2O2. The second kappa shape index (κ2) is 6.97. The predicted molar refractivity (Wildman–Crippen MR) is 68.7 cm³/mol. The Morgan fingerprint density at radius 1 is 1.29 bits per heavy atom. The van der Waals surface area contributed by atoms with E-state index in [0.29, 0.717) is 12.6 Å². The van der Waals surface area contributed by atoms with E-state index in [-0.39, 0.29) is 12.5 Å². The van der Waals surface area contributed by atoms with Crippen molar-refractivity contribution in [2.75, 3.05) is 13.2 Å². The maximum Gasteiger partial charge on any atom is 0.246 e. The van der Waals surface area contributed by atoms with Crippen LogP contribution in [0.15, 0.2) is 0 Å². The molecule has 1 saturated carbocycles. The summed E-state index contributed by atoms with van der Waals surface area (Å²) >= 11 is 0. The predicted octanol–water partition coefficient (Wildman–Crippen LogP) is 1.58. The Kier molecular flexibility index (Phi) is 5.92. The fourth-order valence-electron chi connectivity index (χ4n) is 2.01. The van der Waals surface area contributed by atoms with Gasteiger partial charge in [0.05, 0.1) is 5.60 Å². The average Bonchev–Trinajstić information content (AvgIpc) is 2.55. The van der Waals surface area contributed by atoms with Gasteiger partial charge < -0.3 is 15.8 Å². The molecule has 0 spiro atoms. The molecule has 4 heteroatoms. The van der Waals surface area contributed by atoms with Gasteiger partial charge in [-0.3, -0.25) is 4.79 Å². The molecule has 17 heavy (non-hydrogen) atoms. The molecule has 1 aliphatic carbocycles. The van der Waals surface area contributed by atoms with Crippen molar-refractivity contribution < 1.29 is 9.53 Å². The molecule has 1 fully saturated rings. The normalized spacial score (nSPS) is 18.8. The molecule has 0 unspecified atom stereocenters. The third-order valence-electron chi connectivity index (χ3n) is 3.31. The van der Waals surface area contributed by atoms with Crippen LogP contribution >= 0.6 is 0 Å². The SMILES string of the molecule is CC(C)(CN)OCC(=O)NC1CCCCCC1. The Labute approximate surface area is 104 Å². The first kappa shape index (κ1) is 14.5. The first-order valence-corrected chi connectivity index (χ1v) is 6.67. The van der Waals surface area contributed by atoms with Crippen molar-refractivity contribution >= 4 is 5.91 Å². The van der Waals surface area contributed by atoms with E-state index in [4.69, 9.17) is 10.5 Å². The largest absolute Gasteiger partial charge is 0.364 e. The second-order valence-corrected chi connectivity index (χ2v) is 5.51. The minimum Gasteiger partial charge on any atom is -0.364 e. The Bertz CT molecular complexity index is 234. The van der Waals surface area contributed by atoms with Crippen LogP contribution in [0, 0.1) is 0 Å². The minimum absolute atomic E-state index is 0.0153. The molecule has 0 aliphatic heterocycles. The zero-order valence-corrected chi connectivity index (χ0v) is 11.1. The van der Waals surface area contributed by atoms with Crippen molar-refractivity contribution in [2.24, 2.45) is 5.73 Å². The number of carbonyl (C=O) groups excluding carboxylic acids is 1. The summed E-state index contributed by atoms with van der Waals surface area (Å²) in [5, 5.41) is 3.05. The number of ether oxygens (including phenoxy) is 1. The minimum atomic E-state index is -0.416. The van der Waals surface area contributed by atoms with Crippen LogP contribution in [-0.2, 0) is 9.53 Å². The lowest BCUT2D eigenvalue weighted by Gasteiger charge is -2.24. The van der Waals surface area contributed by atoms with Gasteiger partial charge in [0.2, 0.25) is 5.91 Å². The summed E-state index contributed by atoms with van der Waals surface area (Å²) < 4.78 is 5.48. The van der Waals surface area contributed by atoms with Gasteiger partial charge in [-0.25, -0.2) is 0 Å². The molecule has 0 heterocycles. The Morgan fingerprint density at radius 3 is 2.41 bits per heavy atom. The number of nitrogens with one attached hydrogen (secondary N) is 1. The zero-order chi connectivity index (χ0) is 12.7. The van der Waals surface area contributed by atoms with Crippen LogP contribution in [0.2, 0.25) is 0 Å². The number of nitrogens with two attached hydrogens (primary N) is 1. The molecule has 0 aromatic carbocycles. The Morgan fingerprint density at radius 2 is 1.88 bits per heavy atom. The molecule has 0 aromatic heterocycles. The van der Waals surface area contributed by atoms with Gasteiger partial charge in [-0.15, -0.1) is 0 Å². The molecule has 1 rings (SSSR count). The lowest BCUT2D eigenvalue weighted by Crippen LogP contribution is -2.41. The molecule has 0 aromatic rings. The summed E-state index contributed by atoms with van der Waals surface area (Å²) in [6.45, 7) is 4.32. The zero-order valence-electron chi connectivity index (χ0n) is 11.1. The van der Waals surface area contributed by atoms with Gasteiger partial charge in [-0.2, -0.15) is 0 Å². The summed E-state index contributed by atoms with van der Waals surface area (Å²) in [6, 6.07) is 0.342. The highest BCUT2D eigenvalue weighted by Crippen LogP contribution is 2.17. The van der Waals surface area contributed by atoms with E-state index >= 15 is 0 Å². The highest BCUT2D eigenvalue weighted by Gasteiger charge is 2.19. The standard InChI is InChI=1S/C13H26N2O2/c1-13(2,10-14)17-9-12(16)15-11-7-5-3-4-6-8-11/h11H,3-10,14H2,1-2H3,(H,15,16). The summed E-state index contributed by atoms with van der Waals surface area (Å²) in [5.74, 6) is -0.0153. The third kappa shape index (κ3) is 6.03. The van der Waals surface area contributed by atoms with Gasteiger partial charge in [-0.05, 0) is 26.7 Å². The smallest absolute Gasteiger partial charge is 0.246 e.